The van der Waals surface area contributed by atoms with Crippen molar-refractivity contribution in [2.75, 3.05) is 0 Å². The Balaban J connectivity index is 2.54. The van der Waals surface area contributed by atoms with Gasteiger partial charge in [0, 0.05) is 6.20 Å². The average Bonchev–Trinajstić information content (AvgIpc) is 2.77. The fourth-order valence-corrected chi connectivity index (χ4v) is 1.94. The standard InChI is InChI=1S/C10H6F3NO4S/c11-10(12,13)19(16,17)18-9-4-3-7(6-15)14-5-1-2-8(9)14/h1-6H. The van der Waals surface area contributed by atoms with E-state index in [4.69, 9.17) is 0 Å². The molecule has 0 radical (unpaired) electrons. The highest BCUT2D eigenvalue weighted by Gasteiger charge is 2.48. The van der Waals surface area contributed by atoms with E-state index in [0.29, 0.717) is 6.29 Å². The van der Waals surface area contributed by atoms with Crippen molar-refractivity contribution in [3.8, 4) is 5.75 Å². The molecule has 0 unspecified atom stereocenters. The number of carbonyl (C=O) groups is 1. The molecule has 0 aromatic carbocycles. The van der Waals surface area contributed by atoms with Gasteiger partial charge in [-0.1, -0.05) is 0 Å². The fourth-order valence-electron chi connectivity index (χ4n) is 1.47. The summed E-state index contributed by atoms with van der Waals surface area (Å²) in [5.41, 5.74) is -5.32. The maximum atomic E-state index is 12.2. The number of alkyl halides is 3. The van der Waals surface area contributed by atoms with Gasteiger partial charge in [-0.15, -0.1) is 0 Å². The molecular formula is C10H6F3NO4S. The van der Waals surface area contributed by atoms with E-state index in [2.05, 4.69) is 4.18 Å². The Morgan fingerprint density at radius 2 is 1.89 bits per heavy atom. The molecule has 0 amide bonds. The number of nitrogens with zero attached hydrogens (tertiary/aromatic N) is 1. The molecule has 0 N–H and O–H groups in total. The second kappa shape index (κ2) is 4.26. The Morgan fingerprint density at radius 1 is 1.21 bits per heavy atom. The van der Waals surface area contributed by atoms with E-state index >= 15 is 0 Å². The molecule has 0 fully saturated rings. The Morgan fingerprint density at radius 3 is 2.47 bits per heavy atom. The molecule has 0 aliphatic rings. The van der Waals surface area contributed by atoms with Gasteiger partial charge in [-0.3, -0.25) is 4.79 Å². The number of rotatable bonds is 3. The van der Waals surface area contributed by atoms with Crippen LogP contribution in [-0.2, 0) is 10.1 Å². The van der Waals surface area contributed by atoms with Crippen LogP contribution < -0.4 is 4.18 Å². The topological polar surface area (TPSA) is 64.9 Å². The third-order valence-electron chi connectivity index (χ3n) is 2.29. The molecule has 0 saturated heterocycles. The largest absolute Gasteiger partial charge is 0.534 e. The molecule has 0 spiro atoms. The van der Waals surface area contributed by atoms with Crippen LogP contribution in [0, 0.1) is 0 Å². The number of halogens is 3. The van der Waals surface area contributed by atoms with Gasteiger partial charge < -0.3 is 8.58 Å². The molecule has 0 aliphatic heterocycles. The highest BCUT2D eigenvalue weighted by Crippen LogP contribution is 2.29. The highest BCUT2D eigenvalue weighted by atomic mass is 32.2. The molecular weight excluding hydrogens is 287 g/mol. The predicted molar refractivity (Wildman–Crippen MR) is 58.4 cm³/mol. The highest BCUT2D eigenvalue weighted by molar-refractivity contribution is 7.88. The molecule has 0 aliphatic carbocycles. The molecule has 5 nitrogen and oxygen atoms in total. The first-order chi connectivity index (χ1) is 8.76. The first-order valence-electron chi connectivity index (χ1n) is 4.82. The number of aldehydes is 1. The van der Waals surface area contributed by atoms with Crippen molar-refractivity contribution >= 4 is 21.9 Å². The van der Waals surface area contributed by atoms with Crippen molar-refractivity contribution in [1.82, 2.24) is 4.40 Å². The summed E-state index contributed by atoms with van der Waals surface area (Å²) >= 11 is 0. The molecule has 0 saturated carbocycles. The molecule has 0 atom stereocenters. The van der Waals surface area contributed by atoms with Crippen LogP contribution in [0.2, 0.25) is 0 Å². The van der Waals surface area contributed by atoms with E-state index in [1.807, 2.05) is 0 Å². The second-order valence-corrected chi connectivity index (χ2v) is 5.02. The van der Waals surface area contributed by atoms with Crippen molar-refractivity contribution in [2.45, 2.75) is 5.51 Å². The van der Waals surface area contributed by atoms with Gasteiger partial charge in [0.1, 0.15) is 0 Å². The minimum absolute atomic E-state index is 0.0393. The second-order valence-electron chi connectivity index (χ2n) is 3.49. The average molecular weight is 293 g/mol. The predicted octanol–water partition coefficient (Wildman–Crippen LogP) is 1.98. The molecule has 102 valence electrons. The lowest BCUT2D eigenvalue weighted by atomic mass is 10.3. The zero-order valence-corrected chi connectivity index (χ0v) is 9.90. The van der Waals surface area contributed by atoms with Gasteiger partial charge in [0.05, 0.1) is 11.2 Å². The normalized spacial score (nSPS) is 12.6. The molecule has 19 heavy (non-hydrogen) atoms. The van der Waals surface area contributed by atoms with Crippen LogP contribution in [0.1, 0.15) is 10.5 Å². The van der Waals surface area contributed by atoms with E-state index in [0.717, 1.165) is 12.1 Å². The van der Waals surface area contributed by atoms with E-state index in [1.165, 1.54) is 22.7 Å². The molecule has 9 heteroatoms. The summed E-state index contributed by atoms with van der Waals surface area (Å²) in [6.45, 7) is 0. The van der Waals surface area contributed by atoms with E-state index in [9.17, 15) is 26.4 Å². The van der Waals surface area contributed by atoms with Crippen LogP contribution in [-0.4, -0.2) is 24.6 Å². The zero-order valence-electron chi connectivity index (χ0n) is 9.09. The zero-order chi connectivity index (χ0) is 14.3. The summed E-state index contributed by atoms with van der Waals surface area (Å²) < 4.78 is 63.7. The van der Waals surface area contributed by atoms with Crippen molar-refractivity contribution < 1.29 is 30.6 Å². The van der Waals surface area contributed by atoms with Crippen LogP contribution in [0.15, 0.2) is 30.5 Å². The van der Waals surface area contributed by atoms with Crippen molar-refractivity contribution in [2.24, 2.45) is 0 Å². The third kappa shape index (κ3) is 2.28. The lowest BCUT2D eigenvalue weighted by Gasteiger charge is -2.11. The SMILES string of the molecule is O=Cc1ccc(OS(=O)(=O)C(F)(F)F)c2cccn12. The van der Waals surface area contributed by atoms with E-state index < -0.39 is 21.4 Å². The summed E-state index contributed by atoms with van der Waals surface area (Å²) in [7, 11) is -5.74. The summed E-state index contributed by atoms with van der Waals surface area (Å²) in [5, 5.41) is 0. The Kier molecular flexibility index (Phi) is 3.01. The van der Waals surface area contributed by atoms with Crippen LogP contribution in [0.3, 0.4) is 0 Å². The lowest BCUT2D eigenvalue weighted by molar-refractivity contribution is -0.0499. The monoisotopic (exact) mass is 293 g/mol. The fraction of sp³-hybridized carbons (Fsp3) is 0.100. The van der Waals surface area contributed by atoms with Gasteiger partial charge in [-0.2, -0.15) is 21.6 Å². The first-order valence-corrected chi connectivity index (χ1v) is 6.23. The van der Waals surface area contributed by atoms with Gasteiger partial charge in [0.15, 0.2) is 12.0 Å². The Labute approximate surface area is 105 Å². The van der Waals surface area contributed by atoms with Gasteiger partial charge in [0.2, 0.25) is 0 Å². The van der Waals surface area contributed by atoms with Gasteiger partial charge in [-0.05, 0) is 24.3 Å². The molecule has 2 rings (SSSR count). The maximum absolute atomic E-state index is 12.2. The summed E-state index contributed by atoms with van der Waals surface area (Å²) in [4.78, 5) is 10.7. The third-order valence-corrected chi connectivity index (χ3v) is 3.25. The molecule has 2 aromatic rings. The van der Waals surface area contributed by atoms with Gasteiger partial charge in [-0.25, -0.2) is 0 Å². The van der Waals surface area contributed by atoms with E-state index in [1.54, 1.807) is 0 Å². The van der Waals surface area contributed by atoms with Gasteiger partial charge >= 0.3 is 15.6 Å². The molecule has 0 bridgehead atoms. The number of hydrogen-bond acceptors (Lipinski definition) is 4. The number of pyridine rings is 1. The minimum atomic E-state index is -5.74. The smallest absolute Gasteiger partial charge is 0.374 e. The number of hydrogen-bond donors (Lipinski definition) is 0. The number of carbonyl (C=O) groups excluding carboxylic acids is 1. The van der Waals surface area contributed by atoms with Crippen LogP contribution in [0.4, 0.5) is 13.2 Å². The summed E-state index contributed by atoms with van der Waals surface area (Å²) in [5.74, 6) is -0.507. The first kappa shape index (κ1) is 13.4. The maximum Gasteiger partial charge on any atom is 0.534 e. The van der Waals surface area contributed by atoms with Crippen molar-refractivity contribution in [3.63, 3.8) is 0 Å². The molecule has 2 heterocycles. The van der Waals surface area contributed by atoms with Gasteiger partial charge in [0.25, 0.3) is 0 Å². The minimum Gasteiger partial charge on any atom is -0.374 e. The Hall–Kier alpha value is -2.03. The quantitative estimate of drug-likeness (QED) is 0.493. The summed E-state index contributed by atoms with van der Waals surface area (Å²) in [6.07, 6.45) is 1.88. The van der Waals surface area contributed by atoms with Crippen molar-refractivity contribution in [1.29, 1.82) is 0 Å². The van der Waals surface area contributed by atoms with Crippen LogP contribution in [0.25, 0.3) is 5.52 Å². The molecule has 2 aromatic heterocycles. The number of fused-ring (bicyclic) bond motifs is 1. The van der Waals surface area contributed by atoms with Crippen LogP contribution >= 0.6 is 0 Å². The Bertz CT molecular complexity index is 733. The lowest BCUT2D eigenvalue weighted by Crippen LogP contribution is -2.28. The van der Waals surface area contributed by atoms with Crippen molar-refractivity contribution in [3.05, 3.63) is 36.2 Å². The van der Waals surface area contributed by atoms with Crippen LogP contribution in [0.5, 0.6) is 5.75 Å². The summed E-state index contributed by atoms with van der Waals surface area (Å²) in [6, 6.07) is 4.91. The number of aromatic nitrogens is 1. The van der Waals surface area contributed by atoms with E-state index in [-0.39, 0.29) is 11.2 Å².